The number of carbonyl (C=O) groups is 1. The fraction of sp³-hybridized carbons (Fsp3) is 0.700. The van der Waals surface area contributed by atoms with Crippen LogP contribution in [0.5, 0.6) is 0 Å². The molecule has 0 aliphatic heterocycles. The minimum Gasteiger partial charge on any atom is -0.550 e. The highest BCUT2D eigenvalue weighted by molar-refractivity contribution is 5.64. The lowest BCUT2D eigenvalue weighted by Gasteiger charge is -1.99. The van der Waals surface area contributed by atoms with E-state index in [0.29, 0.717) is 5.92 Å². The van der Waals surface area contributed by atoms with Crippen LogP contribution in [0.2, 0.25) is 0 Å². The van der Waals surface area contributed by atoms with Crippen LogP contribution < -0.4 is 5.11 Å². The van der Waals surface area contributed by atoms with E-state index in [0.717, 1.165) is 19.3 Å². The van der Waals surface area contributed by atoms with E-state index in [1.807, 2.05) is 0 Å². The lowest BCUT2D eigenvalue weighted by Crippen LogP contribution is -2.21. The first kappa shape index (κ1) is 11.2. The van der Waals surface area contributed by atoms with Gasteiger partial charge in [0.05, 0.1) is 0 Å². The van der Waals surface area contributed by atoms with Gasteiger partial charge in [-0.2, -0.15) is 0 Å². The maximum atomic E-state index is 10.0. The first-order valence-corrected chi connectivity index (χ1v) is 4.49. The van der Waals surface area contributed by atoms with E-state index in [9.17, 15) is 9.90 Å². The molecule has 0 heterocycles. The van der Waals surface area contributed by atoms with Crippen LogP contribution in [-0.4, -0.2) is 5.97 Å². The molecule has 0 bridgehead atoms. The molecule has 0 radical (unpaired) electrons. The normalized spacial score (nSPS) is 11.2. The average molecular weight is 169 g/mol. The lowest BCUT2D eigenvalue weighted by molar-refractivity contribution is -0.305. The van der Waals surface area contributed by atoms with Crippen LogP contribution in [0.4, 0.5) is 0 Å². The predicted octanol–water partition coefficient (Wildman–Crippen LogP) is 1.51. The molecule has 70 valence electrons. The zero-order chi connectivity index (χ0) is 9.40. The third-order valence-electron chi connectivity index (χ3n) is 1.52. The number of allylic oxidation sites excluding steroid dienone is 2. The topological polar surface area (TPSA) is 40.1 Å². The number of aliphatic carboxylic acids is 1. The van der Waals surface area contributed by atoms with Crippen LogP contribution in [0.25, 0.3) is 0 Å². The third-order valence-corrected chi connectivity index (χ3v) is 1.52. The Labute approximate surface area is 74.3 Å². The number of rotatable bonds is 6. The monoisotopic (exact) mass is 169 g/mol. The quantitative estimate of drug-likeness (QED) is 0.446. The second-order valence-electron chi connectivity index (χ2n) is 3.29. The SMILES string of the molecule is CC(C)/C=C\CCCCC(=O)[O-]. The predicted molar refractivity (Wildman–Crippen MR) is 47.5 cm³/mol. The molecule has 0 spiro atoms. The van der Waals surface area contributed by atoms with E-state index >= 15 is 0 Å². The van der Waals surface area contributed by atoms with E-state index in [1.165, 1.54) is 0 Å². The highest BCUT2D eigenvalue weighted by Gasteiger charge is 1.87. The third kappa shape index (κ3) is 9.21. The number of carboxylic acids is 1. The summed E-state index contributed by atoms with van der Waals surface area (Å²) in [6.45, 7) is 4.25. The van der Waals surface area contributed by atoms with Crippen molar-refractivity contribution in [2.24, 2.45) is 5.92 Å². The van der Waals surface area contributed by atoms with Crippen LogP contribution in [0.3, 0.4) is 0 Å². The molecule has 0 N–H and O–H groups in total. The van der Waals surface area contributed by atoms with Crippen molar-refractivity contribution in [2.45, 2.75) is 39.5 Å². The lowest BCUT2D eigenvalue weighted by atomic mass is 10.1. The molecule has 0 rings (SSSR count). The van der Waals surface area contributed by atoms with Crippen LogP contribution in [0, 0.1) is 5.92 Å². The molecule has 2 heteroatoms. The first-order valence-electron chi connectivity index (χ1n) is 4.49. The van der Waals surface area contributed by atoms with Crippen molar-refractivity contribution in [3.63, 3.8) is 0 Å². The van der Waals surface area contributed by atoms with Crippen molar-refractivity contribution in [2.75, 3.05) is 0 Å². The first-order chi connectivity index (χ1) is 5.63. The molecule has 0 aromatic heterocycles. The summed E-state index contributed by atoms with van der Waals surface area (Å²) in [6, 6.07) is 0. The second kappa shape index (κ2) is 6.89. The number of carboxylic acid groups (broad SMARTS) is 1. The van der Waals surface area contributed by atoms with Gasteiger partial charge >= 0.3 is 0 Å². The standard InChI is InChI=1S/C10H18O2/c1-9(2)7-5-3-4-6-8-10(11)12/h5,7,9H,3-4,6,8H2,1-2H3,(H,11,12)/p-1/b7-5-. The van der Waals surface area contributed by atoms with Crippen LogP contribution in [0.1, 0.15) is 39.5 Å². The molecular formula is C10H17O2-. The van der Waals surface area contributed by atoms with E-state index in [-0.39, 0.29) is 6.42 Å². The number of hydrogen-bond acceptors (Lipinski definition) is 2. The summed E-state index contributed by atoms with van der Waals surface area (Å²) < 4.78 is 0. The zero-order valence-corrected chi connectivity index (χ0v) is 7.88. The fourth-order valence-electron chi connectivity index (χ4n) is 0.900. The van der Waals surface area contributed by atoms with Gasteiger partial charge in [0, 0.05) is 5.97 Å². The number of hydrogen-bond donors (Lipinski definition) is 0. The summed E-state index contributed by atoms with van der Waals surface area (Å²) in [5, 5.41) is 10.0. The summed E-state index contributed by atoms with van der Waals surface area (Å²) in [4.78, 5) is 10.0. The van der Waals surface area contributed by atoms with Gasteiger partial charge in [-0.15, -0.1) is 0 Å². The fourth-order valence-corrected chi connectivity index (χ4v) is 0.900. The molecule has 0 unspecified atom stereocenters. The van der Waals surface area contributed by atoms with E-state index in [1.54, 1.807) is 0 Å². The van der Waals surface area contributed by atoms with Gasteiger partial charge in [-0.1, -0.05) is 26.0 Å². The van der Waals surface area contributed by atoms with Crippen LogP contribution in [0.15, 0.2) is 12.2 Å². The molecule has 0 aromatic rings. The summed E-state index contributed by atoms with van der Waals surface area (Å²) in [6.07, 6.45) is 7.09. The molecule has 0 atom stereocenters. The van der Waals surface area contributed by atoms with Gasteiger partial charge in [0.25, 0.3) is 0 Å². The van der Waals surface area contributed by atoms with E-state index in [2.05, 4.69) is 26.0 Å². The minimum absolute atomic E-state index is 0.190. The molecule has 0 aromatic carbocycles. The van der Waals surface area contributed by atoms with E-state index in [4.69, 9.17) is 0 Å². The average Bonchev–Trinajstić information content (AvgIpc) is 1.95. The van der Waals surface area contributed by atoms with Gasteiger partial charge in [-0.3, -0.25) is 0 Å². The Kier molecular flexibility index (Phi) is 6.44. The van der Waals surface area contributed by atoms with Crippen molar-refractivity contribution in [1.29, 1.82) is 0 Å². The van der Waals surface area contributed by atoms with Crippen LogP contribution in [-0.2, 0) is 4.79 Å². The van der Waals surface area contributed by atoms with Crippen molar-refractivity contribution in [1.82, 2.24) is 0 Å². The molecular weight excluding hydrogens is 152 g/mol. The van der Waals surface area contributed by atoms with Gasteiger partial charge in [0.1, 0.15) is 0 Å². The summed E-state index contributed by atoms with van der Waals surface area (Å²) in [5.74, 6) is -0.353. The maximum absolute atomic E-state index is 10.0. The Balaban J connectivity index is 3.16. The Morgan fingerprint density at radius 3 is 2.58 bits per heavy atom. The molecule has 0 aliphatic rings. The van der Waals surface area contributed by atoms with Crippen molar-refractivity contribution in [3.8, 4) is 0 Å². The van der Waals surface area contributed by atoms with Crippen LogP contribution >= 0.6 is 0 Å². The molecule has 0 fully saturated rings. The summed E-state index contributed by atoms with van der Waals surface area (Å²) >= 11 is 0. The van der Waals surface area contributed by atoms with Gasteiger partial charge in [0.15, 0.2) is 0 Å². The molecule has 12 heavy (non-hydrogen) atoms. The van der Waals surface area contributed by atoms with Crippen molar-refractivity contribution < 1.29 is 9.90 Å². The van der Waals surface area contributed by atoms with Crippen molar-refractivity contribution in [3.05, 3.63) is 12.2 Å². The second-order valence-corrected chi connectivity index (χ2v) is 3.29. The minimum atomic E-state index is -0.942. The van der Waals surface area contributed by atoms with Crippen molar-refractivity contribution >= 4 is 5.97 Å². The Morgan fingerprint density at radius 1 is 1.42 bits per heavy atom. The summed E-state index contributed by atoms with van der Waals surface area (Å²) in [5.41, 5.74) is 0. The smallest absolute Gasteiger partial charge is 0.0414 e. The van der Waals surface area contributed by atoms with Gasteiger partial charge in [-0.25, -0.2) is 0 Å². The Morgan fingerprint density at radius 2 is 2.08 bits per heavy atom. The molecule has 0 saturated carbocycles. The van der Waals surface area contributed by atoms with Gasteiger partial charge in [0.2, 0.25) is 0 Å². The highest BCUT2D eigenvalue weighted by atomic mass is 16.4. The Hall–Kier alpha value is -0.790. The van der Waals surface area contributed by atoms with Gasteiger partial charge < -0.3 is 9.90 Å². The molecule has 0 amide bonds. The van der Waals surface area contributed by atoms with Gasteiger partial charge in [-0.05, 0) is 31.6 Å². The number of carbonyl (C=O) groups excluding carboxylic acids is 1. The largest absolute Gasteiger partial charge is 0.550 e. The highest BCUT2D eigenvalue weighted by Crippen LogP contribution is 2.02. The zero-order valence-electron chi connectivity index (χ0n) is 7.88. The molecule has 0 aliphatic carbocycles. The molecule has 2 nitrogen and oxygen atoms in total. The summed E-state index contributed by atoms with van der Waals surface area (Å²) in [7, 11) is 0. The Bertz CT molecular complexity index is 148. The van der Waals surface area contributed by atoms with E-state index < -0.39 is 5.97 Å². The number of unbranched alkanes of at least 4 members (excludes halogenated alkanes) is 2. The molecule has 0 saturated heterocycles. The maximum Gasteiger partial charge on any atom is 0.0414 e.